The minimum absolute atomic E-state index is 0.140. The fourth-order valence-electron chi connectivity index (χ4n) is 2.91. The first kappa shape index (κ1) is 19.6. The van der Waals surface area contributed by atoms with Crippen LogP contribution < -0.4 is 10.1 Å². The van der Waals surface area contributed by atoms with E-state index < -0.39 is 17.7 Å². The molecule has 1 atom stereocenters. The van der Waals surface area contributed by atoms with Gasteiger partial charge in [0, 0.05) is 12.6 Å². The van der Waals surface area contributed by atoms with Gasteiger partial charge in [-0.1, -0.05) is 6.92 Å². The summed E-state index contributed by atoms with van der Waals surface area (Å²) in [5, 5.41) is 2.82. The van der Waals surface area contributed by atoms with Gasteiger partial charge in [0.2, 0.25) is 0 Å². The Morgan fingerprint density at radius 3 is 2.68 bits per heavy atom. The summed E-state index contributed by atoms with van der Waals surface area (Å²) in [6.07, 6.45) is 3.75. The molecule has 6 heteroatoms. The molecule has 25 heavy (non-hydrogen) atoms. The second-order valence-electron chi connectivity index (χ2n) is 6.86. The molecule has 1 saturated heterocycles. The van der Waals surface area contributed by atoms with Crippen LogP contribution in [-0.4, -0.2) is 43.1 Å². The van der Waals surface area contributed by atoms with Crippen molar-refractivity contribution < 1.29 is 18.3 Å². The van der Waals surface area contributed by atoms with Gasteiger partial charge in [-0.15, -0.1) is 0 Å². The summed E-state index contributed by atoms with van der Waals surface area (Å²) in [6.45, 7) is 7.90. The summed E-state index contributed by atoms with van der Waals surface area (Å²) < 4.78 is 31.4. The normalized spacial score (nSPS) is 17.3. The number of benzene rings is 1. The van der Waals surface area contributed by atoms with Gasteiger partial charge in [0.15, 0.2) is 17.7 Å². The lowest BCUT2D eigenvalue weighted by Gasteiger charge is -2.30. The Morgan fingerprint density at radius 1 is 1.28 bits per heavy atom. The fraction of sp³-hybridized carbons (Fsp3) is 0.632. The van der Waals surface area contributed by atoms with Crippen molar-refractivity contribution in [3.05, 3.63) is 29.8 Å². The smallest absolute Gasteiger partial charge is 0.260 e. The van der Waals surface area contributed by atoms with Crippen LogP contribution in [0.3, 0.4) is 0 Å². The molecule has 1 aliphatic heterocycles. The van der Waals surface area contributed by atoms with Crippen LogP contribution in [0.5, 0.6) is 5.75 Å². The van der Waals surface area contributed by atoms with E-state index in [4.69, 9.17) is 4.74 Å². The van der Waals surface area contributed by atoms with Gasteiger partial charge in [-0.2, -0.15) is 0 Å². The first-order valence-electron chi connectivity index (χ1n) is 9.07. The van der Waals surface area contributed by atoms with Gasteiger partial charge >= 0.3 is 0 Å². The highest BCUT2D eigenvalue weighted by Gasteiger charge is 2.16. The molecule has 0 bridgehead atoms. The number of carbonyl (C=O) groups is 1. The molecule has 0 aliphatic carbocycles. The standard InChI is InChI=1S/C19H28F2N2O2/c1-14-7-11-23(12-8-14)10-4-3-9-22-19(24)15(2)25-16-5-6-17(20)18(21)13-16/h5-6,13-15H,3-4,7-12H2,1-2H3,(H,22,24). The van der Waals surface area contributed by atoms with Crippen molar-refractivity contribution in [2.75, 3.05) is 26.2 Å². The van der Waals surface area contributed by atoms with Crippen LogP contribution >= 0.6 is 0 Å². The summed E-state index contributed by atoms with van der Waals surface area (Å²) in [4.78, 5) is 14.5. The zero-order valence-corrected chi connectivity index (χ0v) is 15.1. The van der Waals surface area contributed by atoms with Crippen molar-refractivity contribution in [2.45, 2.75) is 45.6 Å². The molecule has 1 amide bonds. The third-order valence-corrected chi connectivity index (χ3v) is 4.65. The molecular formula is C19H28F2N2O2. The van der Waals surface area contributed by atoms with Crippen LogP contribution in [0.15, 0.2) is 18.2 Å². The van der Waals surface area contributed by atoms with Crippen LogP contribution in [0.4, 0.5) is 8.78 Å². The van der Waals surface area contributed by atoms with E-state index in [-0.39, 0.29) is 11.7 Å². The molecule has 2 rings (SSSR count). The Labute approximate surface area is 148 Å². The number of piperidine rings is 1. The number of ether oxygens (including phenoxy) is 1. The van der Waals surface area contributed by atoms with E-state index in [9.17, 15) is 13.6 Å². The third kappa shape index (κ3) is 6.61. The van der Waals surface area contributed by atoms with Gasteiger partial charge in [-0.25, -0.2) is 8.78 Å². The van der Waals surface area contributed by atoms with Crippen LogP contribution in [0, 0.1) is 17.6 Å². The largest absolute Gasteiger partial charge is 0.481 e. The van der Waals surface area contributed by atoms with Crippen LogP contribution in [-0.2, 0) is 4.79 Å². The monoisotopic (exact) mass is 354 g/mol. The molecule has 140 valence electrons. The molecule has 0 radical (unpaired) electrons. The highest BCUT2D eigenvalue weighted by molar-refractivity contribution is 5.80. The molecule has 0 saturated carbocycles. The maximum Gasteiger partial charge on any atom is 0.260 e. The minimum atomic E-state index is -0.989. The molecule has 0 spiro atoms. The first-order valence-corrected chi connectivity index (χ1v) is 9.07. The minimum Gasteiger partial charge on any atom is -0.481 e. The van der Waals surface area contributed by atoms with Crippen LogP contribution in [0.25, 0.3) is 0 Å². The number of rotatable bonds is 8. The maximum absolute atomic E-state index is 13.1. The van der Waals surface area contributed by atoms with Gasteiger partial charge < -0.3 is 15.0 Å². The first-order chi connectivity index (χ1) is 12.0. The van der Waals surface area contributed by atoms with E-state index in [0.717, 1.165) is 37.4 Å². The van der Waals surface area contributed by atoms with Crippen molar-refractivity contribution in [3.63, 3.8) is 0 Å². The highest BCUT2D eigenvalue weighted by Crippen LogP contribution is 2.17. The summed E-state index contributed by atoms with van der Waals surface area (Å²) in [7, 11) is 0. The Balaban J connectivity index is 1.60. The van der Waals surface area contributed by atoms with E-state index in [1.807, 2.05) is 0 Å². The summed E-state index contributed by atoms with van der Waals surface area (Å²) in [5.41, 5.74) is 0. The van der Waals surface area contributed by atoms with Gasteiger partial charge in [0.05, 0.1) is 0 Å². The van der Waals surface area contributed by atoms with E-state index in [1.165, 1.54) is 32.0 Å². The van der Waals surface area contributed by atoms with Crippen LogP contribution in [0.2, 0.25) is 0 Å². The predicted molar refractivity (Wildman–Crippen MR) is 93.5 cm³/mol. The molecule has 1 aromatic carbocycles. The summed E-state index contributed by atoms with van der Waals surface area (Å²) in [5.74, 6) is -1.20. The topological polar surface area (TPSA) is 41.6 Å². The molecular weight excluding hydrogens is 326 g/mol. The number of likely N-dealkylation sites (tertiary alicyclic amines) is 1. The number of unbranched alkanes of at least 4 members (excludes halogenated alkanes) is 1. The lowest BCUT2D eigenvalue weighted by Crippen LogP contribution is -2.37. The molecule has 1 heterocycles. The quantitative estimate of drug-likeness (QED) is 0.728. The van der Waals surface area contributed by atoms with Crippen molar-refractivity contribution >= 4 is 5.91 Å². The van der Waals surface area contributed by atoms with E-state index >= 15 is 0 Å². The van der Waals surface area contributed by atoms with Crippen molar-refractivity contribution in [1.29, 1.82) is 0 Å². The van der Waals surface area contributed by atoms with E-state index in [1.54, 1.807) is 6.92 Å². The SMILES string of the molecule is CC1CCN(CCCCNC(=O)C(C)Oc2ccc(F)c(F)c2)CC1. The second-order valence-corrected chi connectivity index (χ2v) is 6.86. The Hall–Kier alpha value is -1.69. The average Bonchev–Trinajstić information content (AvgIpc) is 2.59. The van der Waals surface area contributed by atoms with E-state index in [0.29, 0.717) is 6.54 Å². The molecule has 0 aromatic heterocycles. The van der Waals surface area contributed by atoms with Crippen LogP contribution in [0.1, 0.15) is 39.5 Å². The van der Waals surface area contributed by atoms with Gasteiger partial charge in [-0.3, -0.25) is 4.79 Å². The Morgan fingerprint density at radius 2 is 2.00 bits per heavy atom. The fourth-order valence-corrected chi connectivity index (χ4v) is 2.91. The second kappa shape index (κ2) is 9.70. The molecule has 1 N–H and O–H groups in total. The zero-order chi connectivity index (χ0) is 18.2. The number of halogens is 2. The Kier molecular flexibility index (Phi) is 7.62. The molecule has 1 aliphatic rings. The number of hydrogen-bond acceptors (Lipinski definition) is 3. The number of amides is 1. The number of nitrogens with one attached hydrogen (secondary N) is 1. The molecule has 1 aromatic rings. The van der Waals surface area contributed by atoms with Gasteiger partial charge in [0.1, 0.15) is 5.75 Å². The molecule has 4 nitrogen and oxygen atoms in total. The summed E-state index contributed by atoms with van der Waals surface area (Å²) >= 11 is 0. The zero-order valence-electron chi connectivity index (χ0n) is 15.1. The number of nitrogens with zero attached hydrogens (tertiary/aromatic N) is 1. The highest BCUT2D eigenvalue weighted by atomic mass is 19.2. The predicted octanol–water partition coefficient (Wildman–Crippen LogP) is 3.36. The van der Waals surface area contributed by atoms with E-state index in [2.05, 4.69) is 17.1 Å². The van der Waals surface area contributed by atoms with Crippen molar-refractivity contribution in [2.24, 2.45) is 5.92 Å². The maximum atomic E-state index is 13.1. The van der Waals surface area contributed by atoms with Gasteiger partial charge in [0.25, 0.3) is 5.91 Å². The lowest BCUT2D eigenvalue weighted by atomic mass is 9.99. The third-order valence-electron chi connectivity index (χ3n) is 4.65. The van der Waals surface area contributed by atoms with Crippen molar-refractivity contribution in [1.82, 2.24) is 10.2 Å². The average molecular weight is 354 g/mol. The molecule has 1 unspecified atom stereocenters. The summed E-state index contributed by atoms with van der Waals surface area (Å²) in [6, 6.07) is 3.23. The van der Waals surface area contributed by atoms with Crippen molar-refractivity contribution in [3.8, 4) is 5.75 Å². The Bertz CT molecular complexity index is 560. The molecule has 1 fully saturated rings. The van der Waals surface area contributed by atoms with Gasteiger partial charge in [-0.05, 0) is 70.3 Å². The number of hydrogen-bond donors (Lipinski definition) is 1. The number of carbonyl (C=O) groups excluding carboxylic acids is 1. The lowest BCUT2D eigenvalue weighted by molar-refractivity contribution is -0.127.